The number of hydrazine groups is 1. The van der Waals surface area contributed by atoms with Gasteiger partial charge in [0.2, 0.25) is 0 Å². The predicted octanol–water partition coefficient (Wildman–Crippen LogP) is -0.335. The standard InChI is InChI=1S/C9H15N5/c10-7-3-5-1-2-14(13)4-6(5)8(11)9(7)12/h3H,1-2,4,10-13H2. The number of hydrogen-bond acceptors (Lipinski definition) is 5. The molecule has 0 aromatic heterocycles. The second kappa shape index (κ2) is 3.04. The molecule has 1 aromatic carbocycles. The van der Waals surface area contributed by atoms with Crippen LogP contribution in [-0.4, -0.2) is 11.6 Å². The van der Waals surface area contributed by atoms with Crippen LogP contribution in [0.15, 0.2) is 6.07 Å². The largest absolute Gasteiger partial charge is 0.397 e. The Bertz CT molecular complexity index is 374. The second-order valence-corrected chi connectivity index (χ2v) is 3.65. The van der Waals surface area contributed by atoms with E-state index in [-0.39, 0.29) is 0 Å². The maximum atomic E-state index is 5.88. The van der Waals surface area contributed by atoms with Gasteiger partial charge in [-0.1, -0.05) is 0 Å². The lowest BCUT2D eigenvalue weighted by Gasteiger charge is -2.26. The number of fused-ring (bicyclic) bond motifs is 1. The van der Waals surface area contributed by atoms with Crippen molar-refractivity contribution in [3.05, 3.63) is 17.2 Å². The van der Waals surface area contributed by atoms with Gasteiger partial charge in [0.1, 0.15) is 0 Å². The van der Waals surface area contributed by atoms with E-state index in [4.69, 9.17) is 23.0 Å². The molecule has 14 heavy (non-hydrogen) atoms. The van der Waals surface area contributed by atoms with Gasteiger partial charge >= 0.3 is 0 Å². The molecule has 2 rings (SSSR count). The number of benzene rings is 1. The summed E-state index contributed by atoms with van der Waals surface area (Å²) in [5, 5.41) is 1.73. The van der Waals surface area contributed by atoms with Crippen LogP contribution in [0, 0.1) is 0 Å². The summed E-state index contributed by atoms with van der Waals surface area (Å²) in [6, 6.07) is 1.90. The molecule has 0 amide bonds. The van der Waals surface area contributed by atoms with Crippen LogP contribution in [0.5, 0.6) is 0 Å². The van der Waals surface area contributed by atoms with Gasteiger partial charge in [-0.05, 0) is 23.6 Å². The highest BCUT2D eigenvalue weighted by Gasteiger charge is 2.18. The minimum atomic E-state index is 0.471. The zero-order chi connectivity index (χ0) is 10.3. The van der Waals surface area contributed by atoms with Crippen LogP contribution >= 0.6 is 0 Å². The van der Waals surface area contributed by atoms with Crippen molar-refractivity contribution in [2.24, 2.45) is 5.84 Å². The predicted molar refractivity (Wildman–Crippen MR) is 58.0 cm³/mol. The average molecular weight is 193 g/mol. The lowest BCUT2D eigenvalue weighted by Crippen LogP contribution is -2.36. The number of anilines is 3. The van der Waals surface area contributed by atoms with Crippen LogP contribution in [0.2, 0.25) is 0 Å². The molecule has 1 aliphatic rings. The van der Waals surface area contributed by atoms with E-state index >= 15 is 0 Å². The third-order valence-corrected chi connectivity index (χ3v) is 2.67. The summed E-state index contributed by atoms with van der Waals surface area (Å²) < 4.78 is 0. The van der Waals surface area contributed by atoms with E-state index in [1.807, 2.05) is 6.07 Å². The molecule has 5 nitrogen and oxygen atoms in total. The smallest absolute Gasteiger partial charge is 0.0784 e. The van der Waals surface area contributed by atoms with Crippen molar-refractivity contribution in [1.82, 2.24) is 5.01 Å². The van der Waals surface area contributed by atoms with E-state index in [1.54, 1.807) is 5.01 Å². The van der Waals surface area contributed by atoms with Gasteiger partial charge in [0, 0.05) is 13.1 Å². The Morgan fingerprint density at radius 2 is 1.86 bits per heavy atom. The van der Waals surface area contributed by atoms with Gasteiger partial charge in [0.05, 0.1) is 17.1 Å². The molecule has 0 saturated heterocycles. The molecular formula is C9H15N5. The van der Waals surface area contributed by atoms with E-state index in [1.165, 1.54) is 0 Å². The topological polar surface area (TPSA) is 107 Å². The summed E-state index contributed by atoms with van der Waals surface area (Å²) in [7, 11) is 0. The van der Waals surface area contributed by atoms with Crippen molar-refractivity contribution in [1.29, 1.82) is 0 Å². The molecule has 0 fully saturated rings. The molecular weight excluding hydrogens is 178 g/mol. The first-order valence-corrected chi connectivity index (χ1v) is 4.54. The third kappa shape index (κ3) is 1.26. The maximum Gasteiger partial charge on any atom is 0.0784 e. The van der Waals surface area contributed by atoms with Crippen molar-refractivity contribution in [3.63, 3.8) is 0 Å². The Hall–Kier alpha value is -1.46. The van der Waals surface area contributed by atoms with E-state index in [0.29, 0.717) is 23.6 Å². The fourth-order valence-corrected chi connectivity index (χ4v) is 1.80. The Morgan fingerprint density at radius 1 is 1.14 bits per heavy atom. The number of nitrogens with zero attached hydrogens (tertiary/aromatic N) is 1. The van der Waals surface area contributed by atoms with Crippen molar-refractivity contribution >= 4 is 17.1 Å². The highest BCUT2D eigenvalue weighted by atomic mass is 15.4. The highest BCUT2D eigenvalue weighted by Crippen LogP contribution is 2.32. The first kappa shape index (κ1) is 9.11. The normalized spacial score (nSPS) is 16.6. The molecule has 1 heterocycles. The van der Waals surface area contributed by atoms with Gasteiger partial charge < -0.3 is 17.2 Å². The Morgan fingerprint density at radius 3 is 2.57 bits per heavy atom. The monoisotopic (exact) mass is 193 g/mol. The molecule has 0 radical (unpaired) electrons. The molecule has 8 N–H and O–H groups in total. The zero-order valence-electron chi connectivity index (χ0n) is 7.96. The van der Waals surface area contributed by atoms with E-state index < -0.39 is 0 Å². The van der Waals surface area contributed by atoms with Gasteiger partial charge in [-0.25, -0.2) is 5.01 Å². The van der Waals surface area contributed by atoms with Crippen molar-refractivity contribution in [2.45, 2.75) is 13.0 Å². The molecule has 0 saturated carbocycles. The fourth-order valence-electron chi connectivity index (χ4n) is 1.80. The molecule has 0 spiro atoms. The Kier molecular flexibility index (Phi) is 1.98. The van der Waals surface area contributed by atoms with Gasteiger partial charge in [0.25, 0.3) is 0 Å². The number of nitrogens with two attached hydrogens (primary N) is 4. The number of nitrogen functional groups attached to an aromatic ring is 3. The second-order valence-electron chi connectivity index (χ2n) is 3.65. The van der Waals surface area contributed by atoms with E-state index in [2.05, 4.69) is 0 Å². The van der Waals surface area contributed by atoms with Gasteiger partial charge in [-0.3, -0.25) is 5.84 Å². The van der Waals surface area contributed by atoms with E-state index in [0.717, 1.165) is 24.1 Å². The summed E-state index contributed by atoms with van der Waals surface area (Å²) in [6.45, 7) is 1.47. The molecule has 0 atom stereocenters. The van der Waals surface area contributed by atoms with Crippen LogP contribution in [0.25, 0.3) is 0 Å². The van der Waals surface area contributed by atoms with Crippen molar-refractivity contribution < 1.29 is 0 Å². The zero-order valence-corrected chi connectivity index (χ0v) is 7.96. The van der Waals surface area contributed by atoms with Crippen molar-refractivity contribution in [3.8, 4) is 0 Å². The molecule has 0 aliphatic carbocycles. The van der Waals surface area contributed by atoms with Crippen LogP contribution < -0.4 is 23.0 Å². The fraction of sp³-hybridized carbons (Fsp3) is 0.333. The summed E-state index contributed by atoms with van der Waals surface area (Å²) in [5.41, 5.74) is 21.1. The van der Waals surface area contributed by atoms with Crippen LogP contribution in [0.3, 0.4) is 0 Å². The minimum Gasteiger partial charge on any atom is -0.397 e. The SMILES string of the molecule is Nc1cc2c(c(N)c1N)CN(N)CC2. The van der Waals surface area contributed by atoms with Crippen LogP contribution in [0.1, 0.15) is 11.1 Å². The van der Waals surface area contributed by atoms with Crippen LogP contribution in [-0.2, 0) is 13.0 Å². The molecule has 0 unspecified atom stereocenters. The first-order chi connectivity index (χ1) is 6.59. The molecule has 5 heteroatoms. The summed E-state index contributed by atoms with van der Waals surface area (Å²) in [4.78, 5) is 0. The van der Waals surface area contributed by atoms with E-state index in [9.17, 15) is 0 Å². The minimum absolute atomic E-state index is 0.471. The van der Waals surface area contributed by atoms with Crippen LogP contribution in [0.4, 0.5) is 17.1 Å². The maximum absolute atomic E-state index is 5.88. The average Bonchev–Trinajstić information content (AvgIpc) is 2.16. The lowest BCUT2D eigenvalue weighted by molar-refractivity contribution is 0.263. The molecule has 0 bridgehead atoms. The third-order valence-electron chi connectivity index (χ3n) is 2.67. The molecule has 76 valence electrons. The lowest BCUT2D eigenvalue weighted by atomic mass is 9.97. The molecule has 1 aromatic rings. The Balaban J connectivity index is 2.55. The van der Waals surface area contributed by atoms with Gasteiger partial charge in [-0.2, -0.15) is 0 Å². The molecule has 1 aliphatic heterocycles. The Labute approximate surface area is 82.6 Å². The first-order valence-electron chi connectivity index (χ1n) is 4.54. The summed E-state index contributed by atoms with van der Waals surface area (Å²) >= 11 is 0. The van der Waals surface area contributed by atoms with Crippen molar-refractivity contribution in [2.75, 3.05) is 23.7 Å². The highest BCUT2D eigenvalue weighted by molar-refractivity contribution is 5.81. The number of rotatable bonds is 0. The summed E-state index contributed by atoms with van der Waals surface area (Å²) in [5.74, 6) is 5.71. The van der Waals surface area contributed by atoms with Gasteiger partial charge in [-0.15, -0.1) is 0 Å². The quantitative estimate of drug-likeness (QED) is 0.333. The summed E-state index contributed by atoms with van der Waals surface area (Å²) in [6.07, 6.45) is 0.876. The number of hydrogen-bond donors (Lipinski definition) is 4. The van der Waals surface area contributed by atoms with Gasteiger partial charge in [0.15, 0.2) is 0 Å².